The summed E-state index contributed by atoms with van der Waals surface area (Å²) in [6.07, 6.45) is 9.55. The van der Waals surface area contributed by atoms with E-state index < -0.39 is 0 Å². The Morgan fingerprint density at radius 3 is 2.35 bits per heavy atom. The molecule has 0 saturated carbocycles. The number of nitrogens with one attached hydrogen (secondary N) is 1. The van der Waals surface area contributed by atoms with Crippen molar-refractivity contribution in [2.45, 2.75) is 25.3 Å². The van der Waals surface area contributed by atoms with Gasteiger partial charge in [-0.1, -0.05) is 66.7 Å². The average Bonchev–Trinajstić information content (AvgIpc) is 2.74. The van der Waals surface area contributed by atoms with Crippen LogP contribution in [0.1, 0.15) is 24.0 Å². The molecule has 3 aromatic rings. The average molecular weight is 340 g/mol. The van der Waals surface area contributed by atoms with Crippen molar-refractivity contribution in [2.24, 2.45) is 0 Å². The van der Waals surface area contributed by atoms with Crippen LogP contribution in [-0.2, 0) is 6.42 Å². The lowest BCUT2D eigenvalue weighted by atomic mass is 9.92. The molecule has 26 heavy (non-hydrogen) atoms. The van der Waals surface area contributed by atoms with E-state index in [-0.39, 0.29) is 0 Å². The number of rotatable bonds is 5. The Hall–Kier alpha value is -2.71. The first-order chi connectivity index (χ1) is 12.9. The summed E-state index contributed by atoms with van der Waals surface area (Å²) in [6, 6.07) is 24.0. The molecule has 1 aromatic heterocycles. The van der Waals surface area contributed by atoms with Crippen molar-refractivity contribution >= 4 is 5.57 Å². The van der Waals surface area contributed by atoms with E-state index in [4.69, 9.17) is 0 Å². The van der Waals surface area contributed by atoms with Crippen LogP contribution in [0.15, 0.2) is 85.2 Å². The van der Waals surface area contributed by atoms with Crippen molar-refractivity contribution in [1.82, 2.24) is 10.3 Å². The molecule has 0 saturated heterocycles. The van der Waals surface area contributed by atoms with Gasteiger partial charge in [-0.15, -0.1) is 0 Å². The summed E-state index contributed by atoms with van der Waals surface area (Å²) in [5, 5.41) is 3.64. The zero-order chi connectivity index (χ0) is 17.6. The number of aryl methyl sites for hydroxylation is 1. The summed E-state index contributed by atoms with van der Waals surface area (Å²) in [5.74, 6) is 0. The van der Waals surface area contributed by atoms with E-state index in [0.29, 0.717) is 6.04 Å². The first kappa shape index (κ1) is 16.7. The van der Waals surface area contributed by atoms with Crippen LogP contribution < -0.4 is 5.32 Å². The second-order valence-corrected chi connectivity index (χ2v) is 6.89. The van der Waals surface area contributed by atoms with Gasteiger partial charge in [-0.05, 0) is 47.6 Å². The molecule has 2 heteroatoms. The van der Waals surface area contributed by atoms with E-state index in [0.717, 1.165) is 25.8 Å². The quantitative estimate of drug-likeness (QED) is 0.697. The summed E-state index contributed by atoms with van der Waals surface area (Å²) < 4.78 is 0. The van der Waals surface area contributed by atoms with Gasteiger partial charge in [0.1, 0.15) is 0 Å². The van der Waals surface area contributed by atoms with Gasteiger partial charge in [-0.25, -0.2) is 0 Å². The first-order valence-electron chi connectivity index (χ1n) is 9.36. The van der Waals surface area contributed by atoms with Gasteiger partial charge in [0.2, 0.25) is 0 Å². The van der Waals surface area contributed by atoms with Crippen molar-refractivity contribution < 1.29 is 0 Å². The maximum Gasteiger partial charge on any atom is 0.0346 e. The zero-order valence-corrected chi connectivity index (χ0v) is 14.9. The van der Waals surface area contributed by atoms with Crippen molar-refractivity contribution in [3.8, 4) is 11.1 Å². The van der Waals surface area contributed by atoms with Crippen molar-refractivity contribution in [2.75, 3.05) is 6.54 Å². The molecule has 1 aliphatic rings. The third-order valence-corrected chi connectivity index (χ3v) is 5.05. The van der Waals surface area contributed by atoms with Crippen LogP contribution in [0.4, 0.5) is 0 Å². The van der Waals surface area contributed by atoms with Crippen molar-refractivity contribution in [3.05, 3.63) is 96.3 Å². The fourth-order valence-electron chi connectivity index (χ4n) is 3.62. The monoisotopic (exact) mass is 340 g/mol. The SMILES string of the molecule is C1=C(c2ccccc2)CC(CCc2cncc(-c3ccccc3)c2)NC1. The predicted molar refractivity (Wildman–Crippen MR) is 109 cm³/mol. The van der Waals surface area contributed by atoms with E-state index in [2.05, 4.69) is 77.0 Å². The molecule has 1 aliphatic heterocycles. The standard InChI is InChI=1S/C24H24N2/c1-3-7-20(8-4-1)22-13-14-26-24(16-22)12-11-19-15-23(18-25-17-19)21-9-5-2-6-10-21/h1-10,13,15,17-18,24,26H,11-12,14,16H2. The number of nitrogens with zero attached hydrogens (tertiary/aromatic N) is 1. The zero-order valence-electron chi connectivity index (χ0n) is 14.9. The highest BCUT2D eigenvalue weighted by molar-refractivity contribution is 5.67. The lowest BCUT2D eigenvalue weighted by Crippen LogP contribution is -2.33. The summed E-state index contributed by atoms with van der Waals surface area (Å²) >= 11 is 0. The van der Waals surface area contributed by atoms with Crippen LogP contribution in [0.5, 0.6) is 0 Å². The van der Waals surface area contributed by atoms with Gasteiger partial charge >= 0.3 is 0 Å². The normalized spacial score (nSPS) is 16.9. The minimum absolute atomic E-state index is 0.524. The van der Waals surface area contributed by atoms with Gasteiger partial charge in [-0.2, -0.15) is 0 Å². The molecule has 0 bridgehead atoms. The van der Waals surface area contributed by atoms with Gasteiger partial charge in [0, 0.05) is 30.5 Å². The number of hydrogen-bond acceptors (Lipinski definition) is 2. The van der Waals surface area contributed by atoms with Crippen LogP contribution in [0.3, 0.4) is 0 Å². The molecule has 2 nitrogen and oxygen atoms in total. The van der Waals surface area contributed by atoms with Gasteiger partial charge in [0.25, 0.3) is 0 Å². The molecule has 2 heterocycles. The van der Waals surface area contributed by atoms with Crippen LogP contribution in [-0.4, -0.2) is 17.6 Å². The van der Waals surface area contributed by atoms with Crippen LogP contribution in [0, 0.1) is 0 Å². The Balaban J connectivity index is 1.40. The van der Waals surface area contributed by atoms with Crippen LogP contribution in [0.2, 0.25) is 0 Å². The highest BCUT2D eigenvalue weighted by atomic mass is 14.9. The maximum atomic E-state index is 4.46. The molecule has 0 aliphatic carbocycles. The van der Waals surface area contributed by atoms with Gasteiger partial charge in [-0.3, -0.25) is 4.98 Å². The van der Waals surface area contributed by atoms with E-state index in [1.807, 2.05) is 18.5 Å². The molecule has 0 fully saturated rings. The van der Waals surface area contributed by atoms with Crippen molar-refractivity contribution in [3.63, 3.8) is 0 Å². The Labute approximate surface area is 155 Å². The lowest BCUT2D eigenvalue weighted by Gasteiger charge is -2.24. The molecule has 1 N–H and O–H groups in total. The number of aromatic nitrogens is 1. The summed E-state index contributed by atoms with van der Waals surface area (Å²) in [5.41, 5.74) is 6.55. The largest absolute Gasteiger partial charge is 0.310 e. The van der Waals surface area contributed by atoms with E-state index in [1.54, 1.807) is 0 Å². The summed E-state index contributed by atoms with van der Waals surface area (Å²) in [7, 11) is 0. The first-order valence-corrected chi connectivity index (χ1v) is 9.36. The molecule has 0 radical (unpaired) electrons. The van der Waals surface area contributed by atoms with Gasteiger partial charge in [0.05, 0.1) is 0 Å². The number of hydrogen-bond donors (Lipinski definition) is 1. The minimum atomic E-state index is 0.524. The molecular formula is C24H24N2. The van der Waals surface area contributed by atoms with Crippen molar-refractivity contribution in [1.29, 1.82) is 0 Å². The van der Waals surface area contributed by atoms with Crippen LogP contribution >= 0.6 is 0 Å². The fraction of sp³-hybridized carbons (Fsp3) is 0.208. The Morgan fingerprint density at radius 1 is 0.846 bits per heavy atom. The summed E-state index contributed by atoms with van der Waals surface area (Å²) in [4.78, 5) is 4.46. The maximum absolute atomic E-state index is 4.46. The lowest BCUT2D eigenvalue weighted by molar-refractivity contribution is 0.501. The van der Waals surface area contributed by atoms with E-state index >= 15 is 0 Å². The molecule has 2 aromatic carbocycles. The van der Waals surface area contributed by atoms with Crippen LogP contribution in [0.25, 0.3) is 16.7 Å². The Bertz CT molecular complexity index is 869. The highest BCUT2D eigenvalue weighted by Gasteiger charge is 2.16. The predicted octanol–water partition coefficient (Wildman–Crippen LogP) is 5.13. The Kier molecular flexibility index (Phi) is 5.22. The molecular weight excluding hydrogens is 316 g/mol. The highest BCUT2D eigenvalue weighted by Crippen LogP contribution is 2.25. The smallest absolute Gasteiger partial charge is 0.0346 e. The van der Waals surface area contributed by atoms with E-state index in [1.165, 1.54) is 27.8 Å². The van der Waals surface area contributed by atoms with Gasteiger partial charge in [0.15, 0.2) is 0 Å². The molecule has 4 rings (SSSR count). The molecule has 1 atom stereocenters. The van der Waals surface area contributed by atoms with E-state index in [9.17, 15) is 0 Å². The topological polar surface area (TPSA) is 24.9 Å². The number of benzene rings is 2. The molecule has 130 valence electrons. The Morgan fingerprint density at radius 2 is 1.58 bits per heavy atom. The molecule has 0 amide bonds. The third-order valence-electron chi connectivity index (χ3n) is 5.05. The summed E-state index contributed by atoms with van der Waals surface area (Å²) in [6.45, 7) is 0.956. The minimum Gasteiger partial charge on any atom is -0.310 e. The molecule has 1 unspecified atom stereocenters. The third kappa shape index (κ3) is 4.09. The van der Waals surface area contributed by atoms with Gasteiger partial charge < -0.3 is 5.32 Å². The second kappa shape index (κ2) is 8.11. The number of pyridine rings is 1. The second-order valence-electron chi connectivity index (χ2n) is 6.89. The fourth-order valence-corrected chi connectivity index (χ4v) is 3.62. The molecule has 0 spiro atoms.